The van der Waals surface area contributed by atoms with Crippen molar-refractivity contribution >= 4 is 46.2 Å². The number of aliphatic imine (C=N–C) groups is 2. The van der Waals surface area contributed by atoms with Gasteiger partial charge < -0.3 is 15.3 Å². The lowest BCUT2D eigenvalue weighted by atomic mass is 9.93. The van der Waals surface area contributed by atoms with Crippen molar-refractivity contribution in [3.8, 4) is 11.4 Å². The molecule has 4 aromatic carbocycles. The standard InChI is InChI=1S/C31H23ClN6O/c1-19-27-28(20-8-7-11-24(39)18-20)37-26-13-6-5-12-25(26)34-29(33-22-16-14-21(32)15-17-22)31(37)35-30(27)38(36-19)23-9-3-2-4-10-23/h2-18,28,39H,1H3,(H,33,34). The van der Waals surface area contributed by atoms with E-state index in [0.717, 1.165) is 45.4 Å². The summed E-state index contributed by atoms with van der Waals surface area (Å²) >= 11 is 6.15. The Labute approximate surface area is 230 Å². The van der Waals surface area contributed by atoms with Gasteiger partial charge >= 0.3 is 0 Å². The van der Waals surface area contributed by atoms with Crippen molar-refractivity contribution in [1.82, 2.24) is 9.78 Å². The summed E-state index contributed by atoms with van der Waals surface area (Å²) in [6.07, 6.45) is 0. The van der Waals surface area contributed by atoms with Crippen molar-refractivity contribution in [2.24, 2.45) is 9.98 Å². The number of hydrogen-bond acceptors (Lipinski definition) is 6. The number of aromatic nitrogens is 2. The van der Waals surface area contributed by atoms with Gasteiger partial charge in [-0.1, -0.05) is 54.1 Å². The SMILES string of the molecule is Cc1nn(-c2ccccc2)c2c1C(c1cccc(O)c1)N1C(=N2)C(Nc2ccc(Cl)cc2)=Nc2ccccc21. The number of amidine groups is 2. The summed E-state index contributed by atoms with van der Waals surface area (Å²) in [5, 5.41) is 19.6. The molecule has 0 spiro atoms. The second kappa shape index (κ2) is 9.15. The Morgan fingerprint density at radius 1 is 0.846 bits per heavy atom. The highest BCUT2D eigenvalue weighted by Crippen LogP contribution is 2.48. The smallest absolute Gasteiger partial charge is 0.179 e. The zero-order chi connectivity index (χ0) is 26.5. The summed E-state index contributed by atoms with van der Waals surface area (Å²) in [5.41, 5.74) is 6.23. The molecule has 7 rings (SSSR count). The molecule has 0 radical (unpaired) electrons. The molecule has 2 N–H and O–H groups in total. The maximum absolute atomic E-state index is 10.5. The quantitative estimate of drug-likeness (QED) is 0.256. The summed E-state index contributed by atoms with van der Waals surface area (Å²) in [5.74, 6) is 2.18. The number of phenols is 1. The predicted octanol–water partition coefficient (Wildman–Crippen LogP) is 7.34. The van der Waals surface area contributed by atoms with Crippen LogP contribution in [0.15, 0.2) is 113 Å². The van der Waals surface area contributed by atoms with Crippen LogP contribution in [0.1, 0.15) is 22.9 Å². The summed E-state index contributed by atoms with van der Waals surface area (Å²) < 4.78 is 1.88. The minimum Gasteiger partial charge on any atom is -0.508 e. The number of aromatic hydroxyl groups is 1. The Morgan fingerprint density at radius 3 is 2.41 bits per heavy atom. The van der Waals surface area contributed by atoms with E-state index in [4.69, 9.17) is 26.7 Å². The normalized spacial score (nSPS) is 15.5. The maximum Gasteiger partial charge on any atom is 0.179 e. The average molecular weight is 531 g/mol. The van der Waals surface area contributed by atoms with Crippen molar-refractivity contribution in [3.05, 3.63) is 125 Å². The molecule has 39 heavy (non-hydrogen) atoms. The zero-order valence-electron chi connectivity index (χ0n) is 21.0. The number of aryl methyl sites for hydroxylation is 1. The van der Waals surface area contributed by atoms with Crippen LogP contribution in [-0.2, 0) is 0 Å². The third kappa shape index (κ3) is 3.95. The summed E-state index contributed by atoms with van der Waals surface area (Å²) in [6, 6.07) is 32.6. The number of para-hydroxylation sites is 3. The van der Waals surface area contributed by atoms with Crippen LogP contribution >= 0.6 is 11.6 Å². The van der Waals surface area contributed by atoms with Crippen molar-refractivity contribution in [3.63, 3.8) is 0 Å². The van der Waals surface area contributed by atoms with E-state index in [1.165, 1.54) is 0 Å². The largest absolute Gasteiger partial charge is 0.508 e. The van der Waals surface area contributed by atoms with E-state index in [-0.39, 0.29) is 11.8 Å². The van der Waals surface area contributed by atoms with Gasteiger partial charge in [-0.05, 0) is 73.2 Å². The molecule has 0 bridgehead atoms. The van der Waals surface area contributed by atoms with Crippen molar-refractivity contribution in [1.29, 1.82) is 0 Å². The first-order valence-electron chi connectivity index (χ1n) is 12.6. The molecule has 1 unspecified atom stereocenters. The van der Waals surface area contributed by atoms with Gasteiger partial charge in [0.1, 0.15) is 5.75 Å². The minimum atomic E-state index is -0.310. The highest BCUT2D eigenvalue weighted by atomic mass is 35.5. The van der Waals surface area contributed by atoms with Crippen molar-refractivity contribution in [2.75, 3.05) is 10.2 Å². The molecule has 5 aromatic rings. The highest BCUT2D eigenvalue weighted by molar-refractivity contribution is 6.51. The predicted molar refractivity (Wildman–Crippen MR) is 156 cm³/mol. The number of hydrogen-bond donors (Lipinski definition) is 2. The molecule has 0 saturated carbocycles. The van der Waals surface area contributed by atoms with Gasteiger partial charge in [0.15, 0.2) is 17.5 Å². The number of rotatable bonds is 3. The van der Waals surface area contributed by atoms with Gasteiger partial charge in [0, 0.05) is 16.3 Å². The number of fused-ring (bicyclic) bond motifs is 4. The van der Waals surface area contributed by atoms with Crippen LogP contribution in [0.25, 0.3) is 5.69 Å². The topological polar surface area (TPSA) is 78.0 Å². The van der Waals surface area contributed by atoms with E-state index >= 15 is 0 Å². The van der Waals surface area contributed by atoms with E-state index in [1.807, 2.05) is 103 Å². The first kappa shape index (κ1) is 23.3. The molecule has 8 heteroatoms. The average Bonchev–Trinajstić information content (AvgIpc) is 3.29. The van der Waals surface area contributed by atoms with Crippen molar-refractivity contribution in [2.45, 2.75) is 13.0 Å². The molecular weight excluding hydrogens is 508 g/mol. The van der Waals surface area contributed by atoms with Crippen LogP contribution in [-0.4, -0.2) is 26.6 Å². The molecular formula is C31H23ClN6O. The Kier molecular flexibility index (Phi) is 5.45. The third-order valence-electron chi connectivity index (χ3n) is 6.93. The lowest BCUT2D eigenvalue weighted by Crippen LogP contribution is -2.46. The molecule has 1 atom stereocenters. The van der Waals surface area contributed by atoms with Gasteiger partial charge in [0.05, 0.1) is 28.8 Å². The Bertz CT molecular complexity index is 1780. The van der Waals surface area contributed by atoms with Crippen LogP contribution in [0.2, 0.25) is 5.02 Å². The van der Waals surface area contributed by atoms with Gasteiger partial charge in [0.25, 0.3) is 0 Å². The fraction of sp³-hybridized carbons (Fsp3) is 0.0645. The molecule has 0 aliphatic carbocycles. The zero-order valence-corrected chi connectivity index (χ0v) is 21.7. The molecule has 0 fully saturated rings. The molecule has 1 aromatic heterocycles. The molecule has 0 amide bonds. The summed E-state index contributed by atoms with van der Waals surface area (Å²) in [7, 11) is 0. The minimum absolute atomic E-state index is 0.199. The van der Waals surface area contributed by atoms with Crippen LogP contribution < -0.4 is 10.2 Å². The summed E-state index contributed by atoms with van der Waals surface area (Å²) in [4.78, 5) is 12.4. The number of benzene rings is 4. The van der Waals surface area contributed by atoms with E-state index in [9.17, 15) is 5.11 Å². The van der Waals surface area contributed by atoms with Crippen LogP contribution in [0.4, 0.5) is 22.9 Å². The molecule has 190 valence electrons. The maximum atomic E-state index is 10.5. The van der Waals surface area contributed by atoms with E-state index in [0.29, 0.717) is 16.7 Å². The lowest BCUT2D eigenvalue weighted by molar-refractivity contribution is 0.474. The first-order chi connectivity index (χ1) is 19.1. The molecule has 3 heterocycles. The molecule has 0 saturated heterocycles. The van der Waals surface area contributed by atoms with Gasteiger partial charge in [0.2, 0.25) is 0 Å². The Balaban J connectivity index is 1.50. The van der Waals surface area contributed by atoms with E-state index in [1.54, 1.807) is 12.1 Å². The second-order valence-corrected chi connectivity index (χ2v) is 9.89. The number of halogens is 1. The van der Waals surface area contributed by atoms with Crippen molar-refractivity contribution < 1.29 is 5.11 Å². The fourth-order valence-corrected chi connectivity index (χ4v) is 5.35. The lowest BCUT2D eigenvalue weighted by Gasteiger charge is -2.40. The van der Waals surface area contributed by atoms with Gasteiger partial charge in [-0.3, -0.25) is 0 Å². The fourth-order valence-electron chi connectivity index (χ4n) is 5.23. The van der Waals surface area contributed by atoms with Crippen LogP contribution in [0, 0.1) is 6.92 Å². The monoisotopic (exact) mass is 530 g/mol. The first-order valence-corrected chi connectivity index (χ1v) is 13.0. The molecule has 7 nitrogen and oxygen atoms in total. The van der Waals surface area contributed by atoms with Crippen LogP contribution in [0.3, 0.4) is 0 Å². The van der Waals surface area contributed by atoms with Gasteiger partial charge in [-0.15, -0.1) is 0 Å². The Hall–Kier alpha value is -4.88. The number of anilines is 2. The van der Waals surface area contributed by atoms with E-state index < -0.39 is 0 Å². The van der Waals surface area contributed by atoms with Crippen LogP contribution in [0.5, 0.6) is 5.75 Å². The highest BCUT2D eigenvalue weighted by Gasteiger charge is 2.41. The molecule has 2 aliphatic rings. The molecule has 2 aliphatic heterocycles. The van der Waals surface area contributed by atoms with Gasteiger partial charge in [-0.2, -0.15) is 5.10 Å². The number of nitrogens with one attached hydrogen (secondary N) is 1. The van der Waals surface area contributed by atoms with E-state index in [2.05, 4.69) is 10.2 Å². The van der Waals surface area contributed by atoms with Gasteiger partial charge in [-0.25, -0.2) is 14.7 Å². The third-order valence-corrected chi connectivity index (χ3v) is 7.18. The second-order valence-electron chi connectivity index (χ2n) is 9.45. The Morgan fingerprint density at radius 2 is 1.62 bits per heavy atom. The number of nitrogens with zero attached hydrogens (tertiary/aromatic N) is 5. The summed E-state index contributed by atoms with van der Waals surface area (Å²) in [6.45, 7) is 2.01. The number of phenolic OH excluding ortho intramolecular Hbond substituents is 1.